The molecule has 4 aromatic rings. The molecule has 0 amide bonds. The van der Waals surface area contributed by atoms with E-state index in [1.807, 2.05) is 36.4 Å². The summed E-state index contributed by atoms with van der Waals surface area (Å²) in [6, 6.07) is 22.0. The van der Waals surface area contributed by atoms with Crippen molar-refractivity contribution in [1.82, 2.24) is 4.98 Å². The molecule has 0 aliphatic carbocycles. The number of nitrogens with zero attached hydrogens (tertiary/aromatic N) is 2. The molecule has 2 N–H and O–H groups in total. The van der Waals surface area contributed by atoms with E-state index in [4.69, 9.17) is 5.14 Å². The number of pyridine rings is 1. The largest absolute Gasteiger partial charge is 0.270 e. The number of sulfonamides is 1. The van der Waals surface area contributed by atoms with Gasteiger partial charge in [-0.1, -0.05) is 42.5 Å². The quantitative estimate of drug-likeness (QED) is 0.405. The highest BCUT2D eigenvalue weighted by atomic mass is 32.2. The summed E-state index contributed by atoms with van der Waals surface area (Å²) < 4.78 is 23.0. The van der Waals surface area contributed by atoms with E-state index in [-0.39, 0.29) is 10.6 Å². The minimum Gasteiger partial charge on any atom is -0.258 e. The molecule has 1 heterocycles. The van der Waals surface area contributed by atoms with Crippen LogP contribution < -0.4 is 5.14 Å². The molecule has 4 rings (SSSR count). The Hall–Kier alpha value is -3.62. The first-order chi connectivity index (χ1) is 13.8. The normalized spacial score (nSPS) is 11.5. The summed E-state index contributed by atoms with van der Waals surface area (Å²) in [5.74, 6) is 0. The van der Waals surface area contributed by atoms with Crippen LogP contribution in [0.15, 0.2) is 83.8 Å². The minimum atomic E-state index is -3.78. The second kappa shape index (κ2) is 7.08. The van der Waals surface area contributed by atoms with Crippen LogP contribution in [0, 0.1) is 10.1 Å². The van der Waals surface area contributed by atoms with Crippen LogP contribution in [-0.2, 0) is 10.0 Å². The van der Waals surface area contributed by atoms with Crippen molar-refractivity contribution in [1.29, 1.82) is 0 Å². The smallest absolute Gasteiger partial charge is 0.258 e. The van der Waals surface area contributed by atoms with Crippen LogP contribution in [-0.4, -0.2) is 18.3 Å². The van der Waals surface area contributed by atoms with Gasteiger partial charge < -0.3 is 0 Å². The summed E-state index contributed by atoms with van der Waals surface area (Å²) in [6.45, 7) is 0. The lowest BCUT2D eigenvalue weighted by Gasteiger charge is -2.11. The summed E-state index contributed by atoms with van der Waals surface area (Å²) in [5.41, 5.74) is 3.60. The Kier molecular flexibility index (Phi) is 4.57. The molecule has 8 heteroatoms. The van der Waals surface area contributed by atoms with Gasteiger partial charge in [0, 0.05) is 23.1 Å². The Morgan fingerprint density at radius 3 is 2.17 bits per heavy atom. The van der Waals surface area contributed by atoms with Crippen molar-refractivity contribution in [3.8, 4) is 22.4 Å². The summed E-state index contributed by atoms with van der Waals surface area (Å²) in [5, 5.41) is 17.0. The lowest BCUT2D eigenvalue weighted by atomic mass is 9.98. The molecule has 0 fully saturated rings. The number of hydrogen-bond acceptors (Lipinski definition) is 5. The predicted molar refractivity (Wildman–Crippen MR) is 111 cm³/mol. The number of primary sulfonamides is 1. The molecular weight excluding hydrogens is 390 g/mol. The van der Waals surface area contributed by atoms with Crippen molar-refractivity contribution < 1.29 is 13.3 Å². The molecule has 1 aromatic heterocycles. The number of benzene rings is 3. The number of nitro groups is 1. The number of non-ortho nitro benzene ring substituents is 1. The van der Waals surface area contributed by atoms with E-state index in [0.29, 0.717) is 22.2 Å². The lowest BCUT2D eigenvalue weighted by Crippen LogP contribution is -2.11. The highest BCUT2D eigenvalue weighted by Gasteiger charge is 2.14. The monoisotopic (exact) mass is 405 g/mol. The molecule has 0 radical (unpaired) electrons. The Labute approximate surface area is 166 Å². The van der Waals surface area contributed by atoms with Crippen molar-refractivity contribution in [3.05, 3.63) is 89.0 Å². The maximum atomic E-state index is 11.5. The van der Waals surface area contributed by atoms with Gasteiger partial charge >= 0.3 is 0 Å². The second-order valence-electron chi connectivity index (χ2n) is 6.45. The fourth-order valence-electron chi connectivity index (χ4n) is 3.15. The SMILES string of the molecule is NS(=O)(=O)c1ccc(-c2cc(-c3ccccc3)c3cc([N+](=O)[O-])ccc3n2)cc1. The second-order valence-corrected chi connectivity index (χ2v) is 8.01. The van der Waals surface area contributed by atoms with E-state index < -0.39 is 14.9 Å². The van der Waals surface area contributed by atoms with Gasteiger partial charge in [-0.25, -0.2) is 18.5 Å². The van der Waals surface area contributed by atoms with E-state index in [1.165, 1.54) is 24.3 Å². The molecule has 0 saturated heterocycles. The highest BCUT2D eigenvalue weighted by Crippen LogP contribution is 2.34. The van der Waals surface area contributed by atoms with Crippen LogP contribution in [0.2, 0.25) is 0 Å². The van der Waals surface area contributed by atoms with E-state index in [0.717, 1.165) is 11.1 Å². The molecule has 29 heavy (non-hydrogen) atoms. The van der Waals surface area contributed by atoms with Crippen molar-refractivity contribution >= 4 is 26.6 Å². The van der Waals surface area contributed by atoms with Crippen LogP contribution >= 0.6 is 0 Å². The zero-order valence-electron chi connectivity index (χ0n) is 15.0. The van der Waals surface area contributed by atoms with Crippen LogP contribution in [0.25, 0.3) is 33.3 Å². The molecular formula is C21H15N3O4S. The average Bonchev–Trinajstić information content (AvgIpc) is 2.72. The van der Waals surface area contributed by atoms with E-state index >= 15 is 0 Å². The number of nitrogens with two attached hydrogens (primary N) is 1. The third-order valence-corrected chi connectivity index (χ3v) is 5.50. The fraction of sp³-hybridized carbons (Fsp3) is 0. The number of nitro benzene ring substituents is 1. The van der Waals surface area contributed by atoms with Gasteiger partial charge in [-0.3, -0.25) is 10.1 Å². The Bertz CT molecular complexity index is 1340. The fourth-order valence-corrected chi connectivity index (χ4v) is 3.66. The number of fused-ring (bicyclic) bond motifs is 1. The van der Waals surface area contributed by atoms with Crippen molar-refractivity contribution in [2.24, 2.45) is 5.14 Å². The molecule has 7 nitrogen and oxygen atoms in total. The van der Waals surface area contributed by atoms with Gasteiger partial charge in [-0.05, 0) is 35.4 Å². The van der Waals surface area contributed by atoms with Crippen molar-refractivity contribution in [3.63, 3.8) is 0 Å². The van der Waals surface area contributed by atoms with Crippen molar-refractivity contribution in [2.45, 2.75) is 4.90 Å². The molecule has 144 valence electrons. The Balaban J connectivity index is 1.95. The van der Waals surface area contributed by atoms with Gasteiger partial charge in [0.25, 0.3) is 5.69 Å². The zero-order chi connectivity index (χ0) is 20.6. The number of rotatable bonds is 4. The van der Waals surface area contributed by atoms with Gasteiger partial charge in [0.2, 0.25) is 10.0 Å². The molecule has 3 aromatic carbocycles. The van der Waals surface area contributed by atoms with Crippen molar-refractivity contribution in [2.75, 3.05) is 0 Å². The first-order valence-electron chi connectivity index (χ1n) is 8.61. The first-order valence-corrected chi connectivity index (χ1v) is 10.2. The number of aromatic nitrogens is 1. The summed E-state index contributed by atoms with van der Waals surface area (Å²) >= 11 is 0. The van der Waals surface area contributed by atoms with Gasteiger partial charge in [0.15, 0.2) is 0 Å². The van der Waals surface area contributed by atoms with Gasteiger partial charge in [0.05, 0.1) is 21.0 Å². The maximum Gasteiger partial charge on any atom is 0.270 e. The third-order valence-electron chi connectivity index (χ3n) is 4.57. The van der Waals surface area contributed by atoms with Gasteiger partial charge in [0.1, 0.15) is 0 Å². The average molecular weight is 405 g/mol. The third kappa shape index (κ3) is 3.71. The molecule has 0 atom stereocenters. The van der Waals surface area contributed by atoms with E-state index in [9.17, 15) is 18.5 Å². The number of hydrogen-bond donors (Lipinski definition) is 1. The summed E-state index contributed by atoms with van der Waals surface area (Å²) in [4.78, 5) is 15.4. The van der Waals surface area contributed by atoms with E-state index in [2.05, 4.69) is 4.98 Å². The van der Waals surface area contributed by atoms with E-state index in [1.54, 1.807) is 18.2 Å². The molecule has 0 unspecified atom stereocenters. The Morgan fingerprint density at radius 2 is 1.55 bits per heavy atom. The van der Waals surface area contributed by atoms with Crippen LogP contribution in [0.4, 0.5) is 5.69 Å². The molecule has 0 aliphatic heterocycles. The lowest BCUT2D eigenvalue weighted by molar-refractivity contribution is -0.384. The summed E-state index contributed by atoms with van der Waals surface area (Å²) in [6.07, 6.45) is 0. The molecule has 0 saturated carbocycles. The summed E-state index contributed by atoms with van der Waals surface area (Å²) in [7, 11) is -3.78. The molecule has 0 aliphatic rings. The predicted octanol–water partition coefficient (Wildman–Crippen LogP) is 4.12. The van der Waals surface area contributed by atoms with Gasteiger partial charge in [-0.2, -0.15) is 0 Å². The standard InChI is InChI=1S/C21H15N3O4S/c22-29(27,28)17-9-6-15(7-10-17)21-13-18(14-4-2-1-3-5-14)19-12-16(24(25)26)8-11-20(19)23-21/h1-13H,(H2,22,27,28). The molecule has 0 bridgehead atoms. The molecule has 0 spiro atoms. The van der Waals surface area contributed by atoms with Crippen LogP contribution in [0.3, 0.4) is 0 Å². The minimum absolute atomic E-state index is 0.0123. The first kappa shape index (κ1) is 18.7. The van der Waals surface area contributed by atoms with Gasteiger partial charge in [-0.15, -0.1) is 0 Å². The topological polar surface area (TPSA) is 116 Å². The Morgan fingerprint density at radius 1 is 0.862 bits per heavy atom. The maximum absolute atomic E-state index is 11.5. The highest BCUT2D eigenvalue weighted by molar-refractivity contribution is 7.89. The van der Waals surface area contributed by atoms with Crippen LogP contribution in [0.1, 0.15) is 0 Å². The zero-order valence-corrected chi connectivity index (χ0v) is 15.8. The van der Waals surface area contributed by atoms with Crippen LogP contribution in [0.5, 0.6) is 0 Å².